The molecule has 0 aromatic carbocycles. The van der Waals surface area contributed by atoms with Gasteiger partial charge in [0.25, 0.3) is 0 Å². The van der Waals surface area contributed by atoms with E-state index in [1.807, 2.05) is 21.1 Å². The van der Waals surface area contributed by atoms with Crippen molar-refractivity contribution in [2.24, 2.45) is 0 Å². The van der Waals surface area contributed by atoms with Crippen molar-refractivity contribution in [2.75, 3.05) is 47.5 Å². The molecule has 0 heterocycles. The van der Waals surface area contributed by atoms with Gasteiger partial charge in [0.05, 0.1) is 27.7 Å². The fraction of sp³-hybridized carbons (Fsp3) is 0.875. The molecule has 0 amide bonds. The van der Waals surface area contributed by atoms with Gasteiger partial charge in [-0.2, -0.15) is 0 Å². The summed E-state index contributed by atoms with van der Waals surface area (Å²) < 4.78 is 27.0. The smallest absolute Gasteiger partial charge is 0.463 e. The Morgan fingerprint density at radius 3 is 2.09 bits per heavy atom. The predicted octanol–water partition coefficient (Wildman–Crippen LogP) is 4.99. The van der Waals surface area contributed by atoms with Crippen LogP contribution in [0.2, 0.25) is 0 Å². The highest BCUT2D eigenvalue weighted by Crippen LogP contribution is 2.43. The Kier molecular flexibility index (Phi) is 19.1. The molecule has 2 N–H and O–H groups in total. The van der Waals surface area contributed by atoms with Crippen molar-refractivity contribution in [3.63, 3.8) is 0 Å². The molecule has 8 nitrogen and oxygen atoms in total. The van der Waals surface area contributed by atoms with Gasteiger partial charge in [0.2, 0.25) is 0 Å². The number of rotatable bonds is 22. The van der Waals surface area contributed by atoms with E-state index in [1.165, 1.54) is 38.5 Å². The normalized spacial score (nSPS) is 15.0. The molecule has 0 aromatic heterocycles. The molecular weight excluding hydrogens is 445 g/mol. The summed E-state index contributed by atoms with van der Waals surface area (Å²) in [7, 11) is 1.55. The molecule has 0 fully saturated rings. The number of unbranched alkanes of at least 4 members (excludes halogenated alkanes) is 9. The van der Waals surface area contributed by atoms with Crippen LogP contribution in [0.25, 0.3) is 0 Å². The zero-order valence-electron chi connectivity index (χ0n) is 21.4. The van der Waals surface area contributed by atoms with E-state index < -0.39 is 20.5 Å². The maximum atomic E-state index is 11.8. The number of aliphatic hydroxyl groups is 1. The number of quaternary nitrogens is 1. The second-order valence-electron chi connectivity index (χ2n) is 9.58. The summed E-state index contributed by atoms with van der Waals surface area (Å²) in [6.07, 6.45) is 16.4. The fourth-order valence-corrected chi connectivity index (χ4v) is 3.69. The number of aliphatic hydroxyl groups excluding tert-OH is 1. The molecule has 33 heavy (non-hydrogen) atoms. The van der Waals surface area contributed by atoms with Crippen LogP contribution in [0.3, 0.4) is 0 Å². The average molecular weight is 495 g/mol. The topological polar surface area (TPSA) is 102 Å². The van der Waals surface area contributed by atoms with Crippen molar-refractivity contribution >= 4 is 13.8 Å². The number of phosphoric ester groups is 1. The summed E-state index contributed by atoms with van der Waals surface area (Å²) in [5.41, 5.74) is 0. The van der Waals surface area contributed by atoms with E-state index >= 15 is 0 Å². The fourth-order valence-electron chi connectivity index (χ4n) is 2.94. The lowest BCUT2D eigenvalue weighted by molar-refractivity contribution is -0.870. The van der Waals surface area contributed by atoms with E-state index in [4.69, 9.17) is 13.8 Å². The number of likely N-dealkylation sites (N-methyl/N-ethyl adjacent to an activating group) is 1. The second kappa shape index (κ2) is 19.5. The third-order valence-corrected chi connectivity index (χ3v) is 6.01. The molecule has 0 rings (SSSR count). The molecule has 2 unspecified atom stereocenters. The van der Waals surface area contributed by atoms with E-state index in [2.05, 4.69) is 19.1 Å². The first-order valence-corrected chi connectivity index (χ1v) is 14.0. The minimum Gasteiger partial charge on any atom is -0.463 e. The first kappa shape index (κ1) is 32.2. The Labute approximate surface area is 201 Å². The molecule has 0 aliphatic heterocycles. The molecular formula is C24H49NO7P+. The Hall–Kier alpha value is -0.760. The number of hydrogen-bond acceptors (Lipinski definition) is 6. The summed E-state index contributed by atoms with van der Waals surface area (Å²) in [6.45, 7) is 2.09. The number of hydrogen-bond donors (Lipinski definition) is 2. The summed E-state index contributed by atoms with van der Waals surface area (Å²) >= 11 is 0. The predicted molar refractivity (Wildman–Crippen MR) is 132 cm³/mol. The first-order chi connectivity index (χ1) is 15.6. The summed E-state index contributed by atoms with van der Waals surface area (Å²) in [5.74, 6) is -0.383. The molecule has 0 aromatic rings. The molecule has 0 bridgehead atoms. The van der Waals surface area contributed by atoms with Gasteiger partial charge in [0.15, 0.2) is 0 Å². The molecule has 0 spiro atoms. The van der Waals surface area contributed by atoms with Gasteiger partial charge in [-0.1, -0.05) is 57.6 Å². The van der Waals surface area contributed by atoms with Crippen LogP contribution in [0.1, 0.15) is 84.0 Å². The van der Waals surface area contributed by atoms with E-state index in [-0.39, 0.29) is 19.2 Å². The maximum absolute atomic E-state index is 11.8. The van der Waals surface area contributed by atoms with E-state index in [0.717, 1.165) is 32.1 Å². The second-order valence-corrected chi connectivity index (χ2v) is 11.0. The molecule has 0 saturated carbocycles. The van der Waals surface area contributed by atoms with Gasteiger partial charge in [-0.05, 0) is 32.1 Å². The lowest BCUT2D eigenvalue weighted by atomic mass is 10.1. The first-order valence-electron chi connectivity index (χ1n) is 12.5. The number of nitrogens with zero attached hydrogens (tertiary/aromatic N) is 1. The maximum Gasteiger partial charge on any atom is 0.472 e. The Balaban J connectivity index is 3.63. The van der Waals surface area contributed by atoms with Crippen molar-refractivity contribution in [2.45, 2.75) is 90.1 Å². The highest BCUT2D eigenvalue weighted by molar-refractivity contribution is 7.47. The SMILES string of the molecule is CCCCCC/C=C/CCCCCCCC(=O)OCC(O)COP(=O)(O)OCC[N+](C)(C)C. The van der Waals surface area contributed by atoms with Gasteiger partial charge in [-0.3, -0.25) is 13.8 Å². The van der Waals surface area contributed by atoms with Crippen molar-refractivity contribution in [1.82, 2.24) is 0 Å². The van der Waals surface area contributed by atoms with Crippen LogP contribution in [0.15, 0.2) is 12.2 Å². The number of allylic oxidation sites excluding steroid dienone is 2. The molecule has 0 aliphatic carbocycles. The van der Waals surface area contributed by atoms with Gasteiger partial charge in [0.1, 0.15) is 25.9 Å². The van der Waals surface area contributed by atoms with Gasteiger partial charge >= 0.3 is 13.8 Å². The van der Waals surface area contributed by atoms with Crippen molar-refractivity contribution in [1.29, 1.82) is 0 Å². The van der Waals surface area contributed by atoms with Crippen LogP contribution in [-0.4, -0.2) is 74.1 Å². The van der Waals surface area contributed by atoms with E-state index in [1.54, 1.807) is 0 Å². The Bertz CT molecular complexity index is 564. The molecule has 0 saturated heterocycles. The van der Waals surface area contributed by atoms with Crippen LogP contribution in [0, 0.1) is 0 Å². The van der Waals surface area contributed by atoms with Gasteiger partial charge in [-0.25, -0.2) is 4.57 Å². The van der Waals surface area contributed by atoms with E-state index in [9.17, 15) is 19.4 Å². The van der Waals surface area contributed by atoms with Crippen LogP contribution >= 0.6 is 7.82 Å². The third kappa shape index (κ3) is 24.2. The number of ether oxygens (including phenoxy) is 1. The average Bonchev–Trinajstić information content (AvgIpc) is 2.73. The number of carbonyl (C=O) groups excluding carboxylic acids is 1. The van der Waals surface area contributed by atoms with Crippen LogP contribution in [-0.2, 0) is 23.1 Å². The van der Waals surface area contributed by atoms with E-state index in [0.29, 0.717) is 17.4 Å². The van der Waals surface area contributed by atoms with Crippen molar-refractivity contribution < 1.29 is 37.6 Å². The Morgan fingerprint density at radius 1 is 0.909 bits per heavy atom. The van der Waals surface area contributed by atoms with Gasteiger partial charge < -0.3 is 19.2 Å². The standard InChI is InChI=1S/C24H48NO7P/c1-5-6-7-8-9-10-11-12-13-14-15-16-17-18-24(27)30-21-23(26)22-32-33(28,29)31-20-19-25(2,3)4/h10-11,23,26H,5-9,12-22H2,1-4H3/p+1/b11-10+. The van der Waals surface area contributed by atoms with Gasteiger partial charge in [0, 0.05) is 6.42 Å². The number of carbonyl (C=O) groups is 1. The quantitative estimate of drug-likeness (QED) is 0.0719. The van der Waals surface area contributed by atoms with Crippen LogP contribution in [0.4, 0.5) is 0 Å². The highest BCUT2D eigenvalue weighted by Gasteiger charge is 2.24. The summed E-state index contributed by atoms with van der Waals surface area (Å²) in [5, 5.41) is 9.80. The minimum absolute atomic E-state index is 0.0538. The summed E-state index contributed by atoms with van der Waals surface area (Å²) in [4.78, 5) is 21.4. The zero-order chi connectivity index (χ0) is 25.0. The molecule has 0 aliphatic rings. The summed E-state index contributed by atoms with van der Waals surface area (Å²) in [6, 6.07) is 0. The third-order valence-electron chi connectivity index (χ3n) is 5.03. The van der Waals surface area contributed by atoms with Crippen molar-refractivity contribution in [3.05, 3.63) is 12.2 Å². The van der Waals surface area contributed by atoms with Crippen LogP contribution < -0.4 is 0 Å². The lowest BCUT2D eigenvalue weighted by Crippen LogP contribution is -2.37. The number of esters is 1. The van der Waals surface area contributed by atoms with Gasteiger partial charge in [-0.15, -0.1) is 0 Å². The molecule has 2 atom stereocenters. The largest absolute Gasteiger partial charge is 0.472 e. The number of phosphoric acid groups is 1. The minimum atomic E-state index is -4.24. The molecule has 196 valence electrons. The van der Waals surface area contributed by atoms with Crippen LogP contribution in [0.5, 0.6) is 0 Å². The lowest BCUT2D eigenvalue weighted by Gasteiger charge is -2.24. The van der Waals surface area contributed by atoms with Crippen molar-refractivity contribution in [3.8, 4) is 0 Å². The Morgan fingerprint density at radius 2 is 1.48 bits per heavy atom. The molecule has 0 radical (unpaired) electrons. The molecule has 9 heteroatoms. The highest BCUT2D eigenvalue weighted by atomic mass is 31.2. The monoisotopic (exact) mass is 494 g/mol. The zero-order valence-corrected chi connectivity index (χ0v) is 22.3.